The van der Waals surface area contributed by atoms with Gasteiger partial charge in [0.05, 0.1) is 7.11 Å². The Balaban J connectivity index is 1.52. The second-order valence-electron chi connectivity index (χ2n) is 9.97. The van der Waals surface area contributed by atoms with Gasteiger partial charge in [-0.2, -0.15) is 0 Å². The van der Waals surface area contributed by atoms with Gasteiger partial charge in [-0.15, -0.1) is 0 Å². The zero-order chi connectivity index (χ0) is 26.4. The minimum Gasteiger partial charge on any atom is -0.496 e. The summed E-state index contributed by atoms with van der Waals surface area (Å²) >= 11 is 0. The van der Waals surface area contributed by atoms with Crippen LogP contribution in [0.3, 0.4) is 0 Å². The molecule has 1 aliphatic rings. The highest BCUT2D eigenvalue weighted by Gasteiger charge is 2.39. The first-order valence-corrected chi connectivity index (χ1v) is 13.0. The highest BCUT2D eigenvalue weighted by molar-refractivity contribution is 5.91. The van der Waals surface area contributed by atoms with E-state index in [1.54, 1.807) is 26.0 Å². The third-order valence-electron chi connectivity index (χ3n) is 7.36. The molecular weight excluding hydrogens is 462 g/mol. The van der Waals surface area contributed by atoms with E-state index in [9.17, 15) is 9.59 Å². The van der Waals surface area contributed by atoms with Crippen LogP contribution in [0.5, 0.6) is 5.75 Å². The molecule has 3 aromatic carbocycles. The summed E-state index contributed by atoms with van der Waals surface area (Å²) in [6.07, 6.45) is 4.83. The van der Waals surface area contributed by atoms with E-state index in [1.807, 2.05) is 48.5 Å². The Morgan fingerprint density at radius 3 is 2.19 bits per heavy atom. The lowest BCUT2D eigenvalue weighted by molar-refractivity contribution is -0.126. The van der Waals surface area contributed by atoms with Crippen LogP contribution in [-0.2, 0) is 16.1 Å². The summed E-state index contributed by atoms with van der Waals surface area (Å²) in [5.41, 5.74) is 5.36. The predicted octanol–water partition coefficient (Wildman–Crippen LogP) is 6.08. The Hall–Kier alpha value is -3.80. The first-order valence-electron chi connectivity index (χ1n) is 13.0. The van der Waals surface area contributed by atoms with Gasteiger partial charge in [-0.25, -0.2) is 0 Å². The van der Waals surface area contributed by atoms with Gasteiger partial charge in [0.2, 0.25) is 11.8 Å². The molecule has 0 spiro atoms. The number of carbonyl (C=O) groups excluding carboxylic acids is 2. The van der Waals surface area contributed by atoms with E-state index < -0.39 is 5.54 Å². The Labute approximate surface area is 220 Å². The van der Waals surface area contributed by atoms with Crippen LogP contribution in [0.4, 0.5) is 11.4 Å². The van der Waals surface area contributed by atoms with Crippen LogP contribution < -0.4 is 20.3 Å². The van der Waals surface area contributed by atoms with Gasteiger partial charge in [-0.05, 0) is 67.3 Å². The molecule has 3 aromatic rings. The number of methoxy groups -OCH3 is 1. The molecule has 0 unspecified atom stereocenters. The van der Waals surface area contributed by atoms with Crippen molar-refractivity contribution in [3.05, 3.63) is 77.9 Å². The first-order chi connectivity index (χ1) is 17.8. The maximum Gasteiger partial charge on any atom is 0.245 e. The lowest BCUT2D eigenvalue weighted by Gasteiger charge is -2.37. The molecule has 1 saturated carbocycles. The summed E-state index contributed by atoms with van der Waals surface area (Å²) in [6.45, 7) is 3.98. The second-order valence-corrected chi connectivity index (χ2v) is 9.97. The number of rotatable bonds is 8. The van der Waals surface area contributed by atoms with Crippen molar-refractivity contribution in [2.75, 3.05) is 24.4 Å². The van der Waals surface area contributed by atoms with Crippen LogP contribution in [0.2, 0.25) is 0 Å². The first kappa shape index (κ1) is 26.3. The van der Waals surface area contributed by atoms with Gasteiger partial charge < -0.3 is 20.3 Å². The summed E-state index contributed by atoms with van der Waals surface area (Å²) in [7, 11) is 3.41. The fourth-order valence-corrected chi connectivity index (χ4v) is 4.98. The van der Waals surface area contributed by atoms with E-state index in [2.05, 4.69) is 35.8 Å². The fraction of sp³-hybridized carbons (Fsp3) is 0.355. The number of hydrogen-bond donors (Lipinski definition) is 2. The minimum absolute atomic E-state index is 0.0113. The van der Waals surface area contributed by atoms with Crippen molar-refractivity contribution < 1.29 is 14.3 Å². The zero-order valence-corrected chi connectivity index (χ0v) is 22.3. The van der Waals surface area contributed by atoms with Gasteiger partial charge in [0.15, 0.2) is 0 Å². The molecule has 6 heteroatoms. The number of aryl methyl sites for hydroxylation is 1. The molecule has 1 aliphatic carbocycles. The van der Waals surface area contributed by atoms with Crippen molar-refractivity contribution >= 4 is 23.2 Å². The number of amides is 2. The molecule has 0 radical (unpaired) electrons. The standard InChI is InChI=1S/C31H37N3O3/c1-22-8-13-27(14-9-22)33-31(18-6-5-7-19-31)30(36)32-21-26-20-25(12-17-29(26)37-4)24-10-15-28(16-11-24)34(3)23(2)35/h8-17,20,33H,5-7,18-19,21H2,1-4H3,(H,32,36). The number of nitrogens with one attached hydrogen (secondary N) is 2. The quantitative estimate of drug-likeness (QED) is 0.394. The number of anilines is 2. The normalized spacial score (nSPS) is 14.5. The van der Waals surface area contributed by atoms with Crippen LogP contribution in [0.25, 0.3) is 11.1 Å². The number of nitrogens with zero attached hydrogens (tertiary/aromatic N) is 1. The fourth-order valence-electron chi connectivity index (χ4n) is 4.98. The number of carbonyl (C=O) groups is 2. The van der Waals surface area contributed by atoms with E-state index in [4.69, 9.17) is 4.74 Å². The molecule has 2 N–H and O–H groups in total. The largest absolute Gasteiger partial charge is 0.496 e. The summed E-state index contributed by atoms with van der Waals surface area (Å²) < 4.78 is 5.61. The van der Waals surface area contributed by atoms with E-state index in [1.165, 1.54) is 5.56 Å². The maximum atomic E-state index is 13.6. The van der Waals surface area contributed by atoms with E-state index >= 15 is 0 Å². The maximum absolute atomic E-state index is 13.6. The number of benzene rings is 3. The van der Waals surface area contributed by atoms with Gasteiger partial charge in [0.25, 0.3) is 0 Å². The third-order valence-corrected chi connectivity index (χ3v) is 7.36. The highest BCUT2D eigenvalue weighted by Crippen LogP contribution is 2.33. The molecule has 0 bridgehead atoms. The van der Waals surface area contributed by atoms with Crippen LogP contribution >= 0.6 is 0 Å². The Kier molecular flexibility index (Phi) is 8.17. The molecule has 4 rings (SSSR count). The Morgan fingerprint density at radius 2 is 1.57 bits per heavy atom. The lowest BCUT2D eigenvalue weighted by atomic mass is 9.80. The molecule has 6 nitrogen and oxygen atoms in total. The van der Waals surface area contributed by atoms with Crippen LogP contribution in [0.1, 0.15) is 50.2 Å². The summed E-state index contributed by atoms with van der Waals surface area (Å²) in [5.74, 6) is 0.751. The van der Waals surface area contributed by atoms with Crippen molar-refractivity contribution in [2.45, 2.75) is 58.0 Å². The molecule has 37 heavy (non-hydrogen) atoms. The molecule has 0 saturated heterocycles. The summed E-state index contributed by atoms with van der Waals surface area (Å²) in [4.78, 5) is 26.9. The Morgan fingerprint density at radius 1 is 0.919 bits per heavy atom. The van der Waals surface area contributed by atoms with E-state index in [0.29, 0.717) is 6.54 Å². The van der Waals surface area contributed by atoms with Crippen molar-refractivity contribution in [1.29, 1.82) is 0 Å². The Bertz CT molecular complexity index is 1230. The molecule has 0 atom stereocenters. The summed E-state index contributed by atoms with van der Waals surface area (Å²) in [5, 5.41) is 6.78. The van der Waals surface area contributed by atoms with Crippen LogP contribution in [0.15, 0.2) is 66.7 Å². The van der Waals surface area contributed by atoms with Gasteiger partial charge >= 0.3 is 0 Å². The van der Waals surface area contributed by atoms with Gasteiger partial charge in [-0.1, -0.05) is 55.2 Å². The SMILES string of the molecule is COc1ccc(-c2ccc(N(C)C(C)=O)cc2)cc1CNC(=O)C1(Nc2ccc(C)cc2)CCCCC1. The lowest BCUT2D eigenvalue weighted by Crippen LogP contribution is -2.53. The molecular formula is C31H37N3O3. The third kappa shape index (κ3) is 6.13. The molecule has 0 aromatic heterocycles. The van der Waals surface area contributed by atoms with Crippen molar-refractivity contribution in [1.82, 2.24) is 5.32 Å². The van der Waals surface area contributed by atoms with Gasteiger partial charge in [0.1, 0.15) is 11.3 Å². The monoisotopic (exact) mass is 499 g/mol. The van der Waals surface area contributed by atoms with Crippen LogP contribution in [-0.4, -0.2) is 31.5 Å². The zero-order valence-electron chi connectivity index (χ0n) is 22.3. The van der Waals surface area contributed by atoms with E-state index in [0.717, 1.165) is 65.9 Å². The number of hydrogen-bond acceptors (Lipinski definition) is 4. The molecule has 1 fully saturated rings. The molecule has 0 heterocycles. The molecule has 194 valence electrons. The molecule has 2 amide bonds. The van der Waals surface area contributed by atoms with Crippen LogP contribution in [0, 0.1) is 6.92 Å². The average Bonchev–Trinajstić information content (AvgIpc) is 2.93. The number of ether oxygens (including phenoxy) is 1. The smallest absolute Gasteiger partial charge is 0.245 e. The minimum atomic E-state index is -0.614. The van der Waals surface area contributed by atoms with Gasteiger partial charge in [-0.3, -0.25) is 9.59 Å². The predicted molar refractivity (Wildman–Crippen MR) is 150 cm³/mol. The van der Waals surface area contributed by atoms with Crippen molar-refractivity contribution in [3.8, 4) is 16.9 Å². The highest BCUT2D eigenvalue weighted by atomic mass is 16.5. The van der Waals surface area contributed by atoms with Gasteiger partial charge in [0, 0.05) is 37.5 Å². The second kappa shape index (κ2) is 11.5. The molecule has 0 aliphatic heterocycles. The van der Waals surface area contributed by atoms with Crippen molar-refractivity contribution in [3.63, 3.8) is 0 Å². The summed E-state index contributed by atoms with van der Waals surface area (Å²) in [6, 6.07) is 22.1. The van der Waals surface area contributed by atoms with E-state index in [-0.39, 0.29) is 11.8 Å². The van der Waals surface area contributed by atoms with Crippen molar-refractivity contribution in [2.24, 2.45) is 0 Å². The topological polar surface area (TPSA) is 70.7 Å². The average molecular weight is 500 g/mol.